The summed E-state index contributed by atoms with van der Waals surface area (Å²) in [5.74, 6) is 0.0848. The molecule has 0 bridgehead atoms. The van der Waals surface area contributed by atoms with E-state index in [9.17, 15) is 9.59 Å². The highest BCUT2D eigenvalue weighted by Gasteiger charge is 2.32. The molecule has 3 fully saturated rings. The van der Waals surface area contributed by atoms with Gasteiger partial charge in [0.1, 0.15) is 0 Å². The van der Waals surface area contributed by atoms with Gasteiger partial charge in [-0.25, -0.2) is 4.79 Å². The summed E-state index contributed by atoms with van der Waals surface area (Å²) in [5, 5.41) is 6.20. The summed E-state index contributed by atoms with van der Waals surface area (Å²) in [6.45, 7) is 9.02. The molecule has 3 aliphatic rings. The third kappa shape index (κ3) is 3.17. The highest BCUT2D eigenvalue weighted by atomic mass is 16.2. The SMILES string of the molecule is Cc1c(C(=O)N2CCC(N3CCNCC3)C2)cccc1N1CCNC1=O. The molecule has 0 spiro atoms. The van der Waals surface area contributed by atoms with Gasteiger partial charge in [-0.3, -0.25) is 14.6 Å². The molecule has 3 saturated heterocycles. The molecule has 3 amide bonds. The molecule has 7 heteroatoms. The molecule has 1 aromatic rings. The van der Waals surface area contributed by atoms with Crippen LogP contribution in [0.15, 0.2) is 18.2 Å². The molecule has 0 aliphatic carbocycles. The molecule has 1 unspecified atom stereocenters. The van der Waals surface area contributed by atoms with Gasteiger partial charge in [0.15, 0.2) is 0 Å². The first-order valence-corrected chi connectivity index (χ1v) is 9.54. The number of urea groups is 1. The fourth-order valence-corrected chi connectivity index (χ4v) is 4.29. The monoisotopic (exact) mass is 357 g/mol. The molecule has 3 heterocycles. The van der Waals surface area contributed by atoms with Gasteiger partial charge < -0.3 is 15.5 Å². The zero-order chi connectivity index (χ0) is 18.1. The number of nitrogens with zero attached hydrogens (tertiary/aromatic N) is 3. The van der Waals surface area contributed by atoms with Crippen LogP contribution in [-0.4, -0.2) is 80.1 Å². The number of likely N-dealkylation sites (tertiary alicyclic amines) is 1. The maximum atomic E-state index is 13.1. The van der Waals surface area contributed by atoms with Crippen molar-refractivity contribution in [3.05, 3.63) is 29.3 Å². The van der Waals surface area contributed by atoms with Crippen molar-refractivity contribution in [3.63, 3.8) is 0 Å². The molecule has 0 saturated carbocycles. The van der Waals surface area contributed by atoms with Crippen LogP contribution in [0.25, 0.3) is 0 Å². The Kier molecular flexibility index (Phi) is 4.82. The van der Waals surface area contributed by atoms with Gasteiger partial charge in [-0.15, -0.1) is 0 Å². The Labute approximate surface area is 154 Å². The average Bonchev–Trinajstić information content (AvgIpc) is 3.32. The Hall–Kier alpha value is -2.12. The van der Waals surface area contributed by atoms with Crippen LogP contribution in [0.5, 0.6) is 0 Å². The summed E-state index contributed by atoms with van der Waals surface area (Å²) < 4.78 is 0. The average molecular weight is 357 g/mol. The van der Waals surface area contributed by atoms with E-state index in [0.717, 1.165) is 56.9 Å². The first-order chi connectivity index (χ1) is 12.6. The second-order valence-electron chi connectivity index (χ2n) is 7.31. The first-order valence-electron chi connectivity index (χ1n) is 9.54. The minimum atomic E-state index is -0.0855. The molecule has 0 aromatic heterocycles. The third-order valence-corrected chi connectivity index (χ3v) is 5.80. The zero-order valence-corrected chi connectivity index (χ0v) is 15.3. The van der Waals surface area contributed by atoms with Crippen molar-refractivity contribution in [2.75, 3.05) is 57.3 Å². The van der Waals surface area contributed by atoms with Gasteiger partial charge >= 0.3 is 6.03 Å². The number of anilines is 1. The number of amides is 3. The number of benzene rings is 1. The molecule has 4 rings (SSSR count). The quantitative estimate of drug-likeness (QED) is 0.833. The molecule has 3 aliphatic heterocycles. The second-order valence-corrected chi connectivity index (χ2v) is 7.31. The fourth-order valence-electron chi connectivity index (χ4n) is 4.29. The Balaban J connectivity index is 1.49. The Bertz CT molecular complexity index is 701. The van der Waals surface area contributed by atoms with Crippen molar-refractivity contribution in [2.45, 2.75) is 19.4 Å². The summed E-state index contributed by atoms with van der Waals surface area (Å²) in [7, 11) is 0. The Morgan fingerprint density at radius 3 is 2.65 bits per heavy atom. The molecule has 7 nitrogen and oxygen atoms in total. The molecule has 1 aromatic carbocycles. The van der Waals surface area contributed by atoms with Crippen molar-refractivity contribution < 1.29 is 9.59 Å². The van der Waals surface area contributed by atoms with Gasteiger partial charge in [0.2, 0.25) is 0 Å². The summed E-state index contributed by atoms with van der Waals surface area (Å²) >= 11 is 0. The van der Waals surface area contributed by atoms with E-state index in [4.69, 9.17) is 0 Å². The minimum absolute atomic E-state index is 0.0848. The van der Waals surface area contributed by atoms with Gasteiger partial charge in [-0.05, 0) is 31.0 Å². The van der Waals surface area contributed by atoms with E-state index in [1.807, 2.05) is 30.0 Å². The maximum absolute atomic E-state index is 13.1. The highest BCUT2D eigenvalue weighted by molar-refractivity contribution is 6.00. The van der Waals surface area contributed by atoms with Crippen LogP contribution in [0.2, 0.25) is 0 Å². The van der Waals surface area contributed by atoms with Crippen LogP contribution >= 0.6 is 0 Å². The van der Waals surface area contributed by atoms with Crippen molar-refractivity contribution in [1.29, 1.82) is 0 Å². The zero-order valence-electron chi connectivity index (χ0n) is 15.3. The van der Waals surface area contributed by atoms with Crippen LogP contribution < -0.4 is 15.5 Å². The number of hydrogen-bond donors (Lipinski definition) is 2. The molecular weight excluding hydrogens is 330 g/mol. The van der Waals surface area contributed by atoms with E-state index in [2.05, 4.69) is 15.5 Å². The van der Waals surface area contributed by atoms with E-state index in [0.29, 0.717) is 24.7 Å². The normalized spacial score (nSPS) is 24.2. The lowest BCUT2D eigenvalue weighted by atomic mass is 10.0. The summed E-state index contributed by atoms with van der Waals surface area (Å²) in [6, 6.07) is 6.06. The van der Waals surface area contributed by atoms with Gasteiger partial charge in [-0.2, -0.15) is 0 Å². The molecule has 26 heavy (non-hydrogen) atoms. The standard InChI is InChI=1S/C19H27N5O2/c1-14-16(3-2-4-17(14)24-12-8-21-19(24)26)18(25)23-9-5-15(13-23)22-10-6-20-7-11-22/h2-4,15,20H,5-13H2,1H3,(H,21,26). The van der Waals surface area contributed by atoms with E-state index in [1.54, 1.807) is 4.90 Å². The number of piperazine rings is 1. The summed E-state index contributed by atoms with van der Waals surface area (Å²) in [5.41, 5.74) is 2.44. The summed E-state index contributed by atoms with van der Waals surface area (Å²) in [4.78, 5) is 31.3. The number of hydrogen-bond acceptors (Lipinski definition) is 4. The Morgan fingerprint density at radius 2 is 1.92 bits per heavy atom. The van der Waals surface area contributed by atoms with Crippen LogP contribution in [-0.2, 0) is 0 Å². The van der Waals surface area contributed by atoms with Crippen molar-refractivity contribution in [2.24, 2.45) is 0 Å². The number of carbonyl (C=O) groups is 2. The topological polar surface area (TPSA) is 67.9 Å². The van der Waals surface area contributed by atoms with Crippen LogP contribution in [0, 0.1) is 6.92 Å². The third-order valence-electron chi connectivity index (χ3n) is 5.80. The largest absolute Gasteiger partial charge is 0.337 e. The van der Waals surface area contributed by atoms with Crippen LogP contribution in [0.4, 0.5) is 10.5 Å². The lowest BCUT2D eigenvalue weighted by Gasteiger charge is -2.32. The number of rotatable bonds is 3. The molecule has 140 valence electrons. The molecule has 2 N–H and O–H groups in total. The van der Waals surface area contributed by atoms with E-state index >= 15 is 0 Å². The second kappa shape index (κ2) is 7.25. The fraction of sp³-hybridized carbons (Fsp3) is 0.579. The Morgan fingerprint density at radius 1 is 1.12 bits per heavy atom. The van der Waals surface area contributed by atoms with Gasteiger partial charge in [0.25, 0.3) is 5.91 Å². The van der Waals surface area contributed by atoms with Crippen molar-refractivity contribution >= 4 is 17.6 Å². The van der Waals surface area contributed by atoms with E-state index < -0.39 is 0 Å². The van der Waals surface area contributed by atoms with Crippen molar-refractivity contribution in [3.8, 4) is 0 Å². The summed E-state index contributed by atoms with van der Waals surface area (Å²) in [6.07, 6.45) is 1.04. The van der Waals surface area contributed by atoms with Crippen molar-refractivity contribution in [1.82, 2.24) is 20.4 Å². The van der Waals surface area contributed by atoms with Gasteiger partial charge in [0, 0.05) is 69.7 Å². The highest BCUT2D eigenvalue weighted by Crippen LogP contribution is 2.27. The first kappa shape index (κ1) is 17.3. The predicted octanol–water partition coefficient (Wildman–Crippen LogP) is 0.644. The van der Waals surface area contributed by atoms with Crippen LogP contribution in [0.3, 0.4) is 0 Å². The smallest absolute Gasteiger partial charge is 0.322 e. The molecule has 0 radical (unpaired) electrons. The predicted molar refractivity (Wildman–Crippen MR) is 101 cm³/mol. The molecular formula is C19H27N5O2. The van der Waals surface area contributed by atoms with E-state index in [-0.39, 0.29) is 11.9 Å². The lowest BCUT2D eigenvalue weighted by Crippen LogP contribution is -2.49. The number of carbonyl (C=O) groups excluding carboxylic acids is 2. The molecule has 1 atom stereocenters. The van der Waals surface area contributed by atoms with Gasteiger partial charge in [0.05, 0.1) is 0 Å². The number of nitrogens with one attached hydrogen (secondary N) is 2. The lowest BCUT2D eigenvalue weighted by molar-refractivity contribution is 0.0772. The van der Waals surface area contributed by atoms with Crippen LogP contribution in [0.1, 0.15) is 22.3 Å². The maximum Gasteiger partial charge on any atom is 0.322 e. The van der Waals surface area contributed by atoms with Gasteiger partial charge in [-0.1, -0.05) is 6.07 Å². The van der Waals surface area contributed by atoms with E-state index in [1.165, 1.54) is 0 Å². The minimum Gasteiger partial charge on any atom is -0.337 e.